The lowest BCUT2D eigenvalue weighted by Crippen LogP contribution is -2.41. The summed E-state index contributed by atoms with van der Waals surface area (Å²) in [4.78, 5) is 24.4. The van der Waals surface area contributed by atoms with Crippen molar-refractivity contribution in [2.24, 2.45) is 0 Å². The molecule has 0 fully saturated rings. The molecule has 0 aliphatic carbocycles. The number of carbonyl (C=O) groups is 1. The van der Waals surface area contributed by atoms with Crippen LogP contribution in [-0.4, -0.2) is 26.4 Å². The molecule has 6 heteroatoms. The summed E-state index contributed by atoms with van der Waals surface area (Å²) in [5.41, 5.74) is 1.06. The van der Waals surface area contributed by atoms with E-state index in [1.807, 2.05) is 32.9 Å². The van der Waals surface area contributed by atoms with Gasteiger partial charge in [0.25, 0.3) is 5.91 Å². The average Bonchev–Trinajstić information content (AvgIpc) is 2.45. The molecular formula is C15H19N5O. The Morgan fingerprint density at radius 3 is 2.71 bits per heavy atom. The summed E-state index contributed by atoms with van der Waals surface area (Å²) in [5.74, 6) is 0.203. The van der Waals surface area contributed by atoms with Gasteiger partial charge in [0.1, 0.15) is 5.69 Å². The highest BCUT2D eigenvalue weighted by atomic mass is 16.2. The topological polar surface area (TPSA) is 79.8 Å². The van der Waals surface area contributed by atoms with E-state index >= 15 is 0 Å². The second-order valence-corrected chi connectivity index (χ2v) is 5.68. The highest BCUT2D eigenvalue weighted by molar-refractivity contribution is 5.92. The number of hydrogen-bond donors (Lipinski definition) is 2. The first-order valence-corrected chi connectivity index (χ1v) is 6.72. The van der Waals surface area contributed by atoms with Gasteiger partial charge in [-0.1, -0.05) is 6.07 Å². The minimum Gasteiger partial charge on any atom is -0.350 e. The number of pyridine rings is 1. The summed E-state index contributed by atoms with van der Waals surface area (Å²) in [6.45, 7) is 6.33. The molecule has 6 nitrogen and oxygen atoms in total. The summed E-state index contributed by atoms with van der Waals surface area (Å²) in [6, 6.07) is 5.41. The summed E-state index contributed by atoms with van der Waals surface area (Å²) in [7, 11) is 0. The predicted molar refractivity (Wildman–Crippen MR) is 80.8 cm³/mol. The quantitative estimate of drug-likeness (QED) is 0.898. The van der Waals surface area contributed by atoms with Crippen molar-refractivity contribution in [1.82, 2.24) is 20.3 Å². The van der Waals surface area contributed by atoms with Crippen LogP contribution >= 0.6 is 0 Å². The van der Waals surface area contributed by atoms with Crippen LogP contribution in [0.15, 0.2) is 36.8 Å². The molecule has 0 radical (unpaired) electrons. The van der Waals surface area contributed by atoms with Gasteiger partial charge in [0, 0.05) is 30.7 Å². The largest absolute Gasteiger partial charge is 0.350 e. The van der Waals surface area contributed by atoms with Gasteiger partial charge in [0.15, 0.2) is 0 Å². The van der Waals surface area contributed by atoms with Crippen LogP contribution in [0.5, 0.6) is 0 Å². The van der Waals surface area contributed by atoms with E-state index in [2.05, 4.69) is 25.6 Å². The molecule has 2 aromatic rings. The molecule has 2 rings (SSSR count). The van der Waals surface area contributed by atoms with Gasteiger partial charge in [-0.25, -0.2) is 9.97 Å². The van der Waals surface area contributed by atoms with Gasteiger partial charge in [-0.05, 0) is 38.5 Å². The van der Waals surface area contributed by atoms with Crippen molar-refractivity contribution in [3.8, 4) is 0 Å². The van der Waals surface area contributed by atoms with E-state index in [9.17, 15) is 4.79 Å². The number of aromatic nitrogens is 3. The van der Waals surface area contributed by atoms with Crippen LogP contribution in [0, 0.1) is 0 Å². The second-order valence-electron chi connectivity index (χ2n) is 5.68. The van der Waals surface area contributed by atoms with Crippen LogP contribution in [-0.2, 0) is 6.54 Å². The standard InChI is InChI=1S/C15H19N5O/c1-15(2,3)20-13(21)12-6-8-17-14(19-12)18-10-11-5-4-7-16-9-11/h4-9H,10H2,1-3H3,(H,20,21)(H,17,18,19). The molecule has 110 valence electrons. The molecule has 0 bridgehead atoms. The second kappa shape index (κ2) is 6.30. The van der Waals surface area contributed by atoms with Crippen LogP contribution in [0.4, 0.5) is 5.95 Å². The molecule has 0 aliphatic heterocycles. The van der Waals surface area contributed by atoms with Crippen LogP contribution in [0.25, 0.3) is 0 Å². The first kappa shape index (κ1) is 14.9. The zero-order valence-electron chi connectivity index (χ0n) is 12.4. The van der Waals surface area contributed by atoms with Crippen molar-refractivity contribution in [2.75, 3.05) is 5.32 Å². The summed E-state index contributed by atoms with van der Waals surface area (Å²) >= 11 is 0. The number of anilines is 1. The molecule has 2 N–H and O–H groups in total. The Morgan fingerprint density at radius 1 is 1.24 bits per heavy atom. The maximum atomic E-state index is 12.0. The molecule has 2 aromatic heterocycles. The minimum absolute atomic E-state index is 0.214. The fourth-order valence-electron chi connectivity index (χ4n) is 1.66. The number of rotatable bonds is 4. The molecule has 2 heterocycles. The molecule has 0 aliphatic rings. The first-order valence-electron chi connectivity index (χ1n) is 6.72. The third-order valence-corrected chi connectivity index (χ3v) is 2.55. The Bertz CT molecular complexity index is 607. The van der Waals surface area contributed by atoms with E-state index in [4.69, 9.17) is 0 Å². The third-order valence-electron chi connectivity index (χ3n) is 2.55. The van der Waals surface area contributed by atoms with Gasteiger partial charge in [0.05, 0.1) is 0 Å². The number of carbonyl (C=O) groups excluding carboxylic acids is 1. The minimum atomic E-state index is -0.300. The van der Waals surface area contributed by atoms with Gasteiger partial charge in [-0.3, -0.25) is 9.78 Å². The van der Waals surface area contributed by atoms with E-state index in [0.717, 1.165) is 5.56 Å². The molecule has 0 unspecified atom stereocenters. The fraction of sp³-hybridized carbons (Fsp3) is 0.333. The van der Waals surface area contributed by atoms with Gasteiger partial charge < -0.3 is 10.6 Å². The number of nitrogens with zero attached hydrogens (tertiary/aromatic N) is 3. The molecule has 0 saturated carbocycles. The SMILES string of the molecule is CC(C)(C)NC(=O)c1ccnc(NCc2cccnc2)n1. The third kappa shape index (κ3) is 4.83. The van der Waals surface area contributed by atoms with Gasteiger partial charge in [0.2, 0.25) is 5.95 Å². The molecule has 0 saturated heterocycles. The van der Waals surface area contributed by atoms with Crippen molar-refractivity contribution in [3.63, 3.8) is 0 Å². The molecular weight excluding hydrogens is 266 g/mol. The van der Waals surface area contributed by atoms with Crippen LogP contribution in [0.1, 0.15) is 36.8 Å². The van der Waals surface area contributed by atoms with E-state index < -0.39 is 0 Å². The van der Waals surface area contributed by atoms with Crippen molar-refractivity contribution in [2.45, 2.75) is 32.9 Å². The van der Waals surface area contributed by atoms with Crippen LogP contribution < -0.4 is 10.6 Å². The lowest BCUT2D eigenvalue weighted by atomic mass is 10.1. The van der Waals surface area contributed by atoms with Crippen molar-refractivity contribution in [1.29, 1.82) is 0 Å². The fourth-order valence-corrected chi connectivity index (χ4v) is 1.66. The number of nitrogens with one attached hydrogen (secondary N) is 2. The normalized spacial score (nSPS) is 11.0. The first-order chi connectivity index (χ1) is 9.94. The van der Waals surface area contributed by atoms with Gasteiger partial charge >= 0.3 is 0 Å². The van der Waals surface area contributed by atoms with E-state index in [1.54, 1.807) is 24.7 Å². The monoisotopic (exact) mass is 285 g/mol. The number of amides is 1. The Hall–Kier alpha value is -2.50. The maximum absolute atomic E-state index is 12.0. The van der Waals surface area contributed by atoms with E-state index in [-0.39, 0.29) is 11.4 Å². The number of hydrogen-bond acceptors (Lipinski definition) is 5. The summed E-state index contributed by atoms with van der Waals surface area (Å²) in [6.07, 6.45) is 5.05. The zero-order chi connectivity index (χ0) is 15.3. The Morgan fingerprint density at radius 2 is 2.05 bits per heavy atom. The smallest absolute Gasteiger partial charge is 0.270 e. The highest BCUT2D eigenvalue weighted by Gasteiger charge is 2.16. The van der Waals surface area contributed by atoms with E-state index in [1.165, 1.54) is 0 Å². The summed E-state index contributed by atoms with van der Waals surface area (Å²) < 4.78 is 0. The molecule has 0 aromatic carbocycles. The molecule has 1 amide bonds. The molecule has 21 heavy (non-hydrogen) atoms. The van der Waals surface area contributed by atoms with Gasteiger partial charge in [-0.2, -0.15) is 0 Å². The zero-order valence-corrected chi connectivity index (χ0v) is 12.4. The predicted octanol–water partition coefficient (Wildman–Crippen LogP) is 2.01. The van der Waals surface area contributed by atoms with Crippen molar-refractivity contribution < 1.29 is 4.79 Å². The van der Waals surface area contributed by atoms with E-state index in [0.29, 0.717) is 18.2 Å². The molecule has 0 spiro atoms. The van der Waals surface area contributed by atoms with Gasteiger partial charge in [-0.15, -0.1) is 0 Å². The lowest BCUT2D eigenvalue weighted by Gasteiger charge is -2.20. The van der Waals surface area contributed by atoms with Crippen molar-refractivity contribution in [3.05, 3.63) is 48.0 Å². The molecule has 0 atom stereocenters. The van der Waals surface area contributed by atoms with Crippen LogP contribution in [0.2, 0.25) is 0 Å². The Labute approximate surface area is 124 Å². The Balaban J connectivity index is 2.02. The summed E-state index contributed by atoms with van der Waals surface area (Å²) in [5, 5.41) is 5.95. The lowest BCUT2D eigenvalue weighted by molar-refractivity contribution is 0.0914. The highest BCUT2D eigenvalue weighted by Crippen LogP contribution is 2.06. The maximum Gasteiger partial charge on any atom is 0.270 e. The van der Waals surface area contributed by atoms with Crippen LogP contribution in [0.3, 0.4) is 0 Å². The average molecular weight is 285 g/mol. The van der Waals surface area contributed by atoms with Crippen molar-refractivity contribution >= 4 is 11.9 Å². The Kier molecular flexibility index (Phi) is 4.47.